The first kappa shape index (κ1) is 36.2. The Balaban J connectivity index is 1.03. The van der Waals surface area contributed by atoms with Gasteiger partial charge in [-0.25, -0.2) is 0 Å². The van der Waals surface area contributed by atoms with E-state index in [-0.39, 0.29) is 0 Å². The van der Waals surface area contributed by atoms with Crippen LogP contribution in [0.2, 0.25) is 0 Å². The van der Waals surface area contributed by atoms with Gasteiger partial charge in [0.25, 0.3) is 0 Å². The first-order valence-corrected chi connectivity index (χ1v) is 22.4. The van der Waals surface area contributed by atoms with E-state index >= 15 is 0 Å². The first-order chi connectivity index (χ1) is 32.1. The topological polar surface area (TPSA) is 28.9 Å². The maximum absolute atomic E-state index is 6.76. The second-order valence-electron chi connectivity index (χ2n) is 17.7. The average molecular weight is 833 g/mol. The van der Waals surface area contributed by atoms with Gasteiger partial charge in [-0.2, -0.15) is 0 Å². The molecule has 1 aromatic heterocycles. The molecule has 0 saturated carbocycles. The monoisotopic (exact) mass is 832 g/mol. The van der Waals surface area contributed by atoms with Gasteiger partial charge in [0, 0.05) is 38.4 Å². The lowest BCUT2D eigenvalue weighted by Crippen LogP contribution is -2.39. The van der Waals surface area contributed by atoms with Crippen LogP contribution in [0.15, 0.2) is 211 Å². The summed E-state index contributed by atoms with van der Waals surface area (Å²) >= 11 is 0. The van der Waals surface area contributed by atoms with Crippen LogP contribution in [0.1, 0.15) is 33.4 Å². The van der Waals surface area contributed by atoms with Crippen molar-refractivity contribution in [2.75, 3.05) is 9.80 Å². The molecule has 0 fully saturated rings. The molecule has 0 aliphatic carbocycles. The molecular formula is C61H40N2O2. The highest BCUT2D eigenvalue weighted by atomic mass is 16.5. The second-order valence-corrected chi connectivity index (χ2v) is 17.7. The lowest BCUT2D eigenvalue weighted by atomic mass is 9.61. The fourth-order valence-electron chi connectivity index (χ4n) is 11.6. The number of rotatable bonds is 4. The molecular weight excluding hydrogens is 793 g/mol. The van der Waals surface area contributed by atoms with Crippen LogP contribution < -0.4 is 14.5 Å². The number of para-hydroxylation sites is 6. The van der Waals surface area contributed by atoms with Crippen molar-refractivity contribution in [3.63, 3.8) is 0 Å². The van der Waals surface area contributed by atoms with E-state index in [1.54, 1.807) is 0 Å². The summed E-state index contributed by atoms with van der Waals surface area (Å²) in [7, 11) is 0. The number of ether oxygens (including phenoxy) is 1. The van der Waals surface area contributed by atoms with Crippen LogP contribution in [0.3, 0.4) is 0 Å². The van der Waals surface area contributed by atoms with E-state index in [4.69, 9.17) is 9.15 Å². The van der Waals surface area contributed by atoms with Gasteiger partial charge >= 0.3 is 0 Å². The Hall–Kier alpha value is -8.34. The maximum Gasteiger partial charge on any atom is 0.159 e. The number of nitrogens with zero attached hydrogens (tertiary/aromatic N) is 2. The van der Waals surface area contributed by atoms with Crippen molar-refractivity contribution in [2.24, 2.45) is 0 Å². The van der Waals surface area contributed by atoms with Crippen molar-refractivity contribution >= 4 is 88.4 Å². The predicted octanol–water partition coefficient (Wildman–Crippen LogP) is 16.8. The van der Waals surface area contributed by atoms with Gasteiger partial charge in [0.2, 0.25) is 0 Å². The Morgan fingerprint density at radius 1 is 0.415 bits per heavy atom. The number of hydrogen-bond acceptors (Lipinski definition) is 4. The molecule has 306 valence electrons. The van der Waals surface area contributed by atoms with Crippen LogP contribution >= 0.6 is 0 Å². The third kappa shape index (κ3) is 4.86. The second kappa shape index (κ2) is 13.3. The Labute approximate surface area is 376 Å². The van der Waals surface area contributed by atoms with Crippen molar-refractivity contribution in [3.8, 4) is 11.5 Å². The Morgan fingerprint density at radius 3 is 1.71 bits per heavy atom. The smallest absolute Gasteiger partial charge is 0.159 e. The van der Waals surface area contributed by atoms with E-state index in [0.29, 0.717) is 0 Å². The summed E-state index contributed by atoms with van der Waals surface area (Å²) in [5.41, 5.74) is 15.0. The number of furan rings is 1. The van der Waals surface area contributed by atoms with Crippen LogP contribution in [0.4, 0.5) is 34.1 Å². The molecule has 0 amide bonds. The lowest BCUT2D eigenvalue weighted by molar-refractivity contribution is 0.434. The third-order valence-corrected chi connectivity index (χ3v) is 14.2. The molecule has 65 heavy (non-hydrogen) atoms. The van der Waals surface area contributed by atoms with Gasteiger partial charge in [0.05, 0.1) is 33.9 Å². The largest absolute Gasteiger partial charge is 0.457 e. The first-order valence-electron chi connectivity index (χ1n) is 22.4. The molecule has 14 rings (SSSR count). The van der Waals surface area contributed by atoms with Crippen LogP contribution in [0.5, 0.6) is 11.5 Å². The fourth-order valence-corrected chi connectivity index (χ4v) is 11.6. The van der Waals surface area contributed by atoms with Crippen LogP contribution in [0.25, 0.3) is 54.3 Å². The SMILES string of the molecule is Cc1ccc(N(c2ccc3ccc4c(N5c6ccccc6C6(c7ccccc7Oc7ccccc76)c6ccccc65)ccc5ccc2c3c54)c2cccc3c2oc2ccccc23)c(C)c1. The summed E-state index contributed by atoms with van der Waals surface area (Å²) in [6.07, 6.45) is 0. The van der Waals surface area contributed by atoms with Gasteiger partial charge in [-0.15, -0.1) is 0 Å². The zero-order chi connectivity index (χ0) is 43.0. The van der Waals surface area contributed by atoms with Gasteiger partial charge in [-0.1, -0.05) is 157 Å². The molecule has 1 spiro atoms. The highest BCUT2D eigenvalue weighted by Gasteiger charge is 2.51. The van der Waals surface area contributed by atoms with Gasteiger partial charge in [0.1, 0.15) is 17.1 Å². The number of benzene rings is 11. The van der Waals surface area contributed by atoms with Gasteiger partial charge < -0.3 is 19.0 Å². The molecule has 0 saturated heterocycles. The maximum atomic E-state index is 6.76. The van der Waals surface area contributed by atoms with Crippen LogP contribution in [-0.4, -0.2) is 0 Å². The Kier molecular flexibility index (Phi) is 7.42. The molecule has 0 unspecified atom stereocenters. The zero-order valence-electron chi connectivity index (χ0n) is 35.8. The molecule has 0 radical (unpaired) electrons. The van der Waals surface area contributed by atoms with Crippen molar-refractivity contribution in [2.45, 2.75) is 19.3 Å². The summed E-state index contributed by atoms with van der Waals surface area (Å²) in [5, 5.41) is 9.50. The normalized spacial score (nSPS) is 13.6. The van der Waals surface area contributed by atoms with E-state index in [9.17, 15) is 0 Å². The molecule has 2 aliphatic heterocycles. The molecule has 0 atom stereocenters. The van der Waals surface area contributed by atoms with Crippen LogP contribution in [-0.2, 0) is 5.41 Å². The number of hydrogen-bond donors (Lipinski definition) is 0. The molecule has 4 heteroatoms. The summed E-state index contributed by atoms with van der Waals surface area (Å²) < 4.78 is 13.4. The number of anilines is 6. The highest BCUT2D eigenvalue weighted by Crippen LogP contribution is 2.63. The molecule has 3 heterocycles. The molecule has 11 aromatic carbocycles. The molecule has 4 nitrogen and oxygen atoms in total. The van der Waals surface area contributed by atoms with Gasteiger partial charge in [0.15, 0.2) is 5.58 Å². The van der Waals surface area contributed by atoms with Crippen molar-refractivity contribution < 1.29 is 9.15 Å². The van der Waals surface area contributed by atoms with E-state index < -0.39 is 5.41 Å². The minimum atomic E-state index is -0.603. The van der Waals surface area contributed by atoms with E-state index in [1.165, 1.54) is 54.6 Å². The number of fused-ring (bicyclic) bond motifs is 11. The molecule has 0 bridgehead atoms. The molecule has 12 aromatic rings. The summed E-state index contributed by atoms with van der Waals surface area (Å²) in [6.45, 7) is 4.38. The molecule has 0 N–H and O–H groups in total. The summed E-state index contributed by atoms with van der Waals surface area (Å²) in [5.74, 6) is 1.77. The third-order valence-electron chi connectivity index (χ3n) is 14.2. The molecule has 2 aliphatic rings. The number of aryl methyl sites for hydroxylation is 2. The fraction of sp³-hybridized carbons (Fsp3) is 0.0492. The standard InChI is InChI=1S/C61H40N2O2/c1-37-26-33-49(38(2)36-37)62(54-22-13-15-42-41-14-3-10-23-55(41)65-60(42)54)50-34-29-39-28-32-44-51(35-30-40-27-31-43(50)58(39)59(40)44)63-52-20-8-4-16-45(52)61(46-17-5-9-21-53(46)63)47-18-6-11-24-56(47)64-57-25-12-7-19-48(57)61/h3-36H,1-2H3. The van der Waals surface area contributed by atoms with Gasteiger partial charge in [-0.3, -0.25) is 0 Å². The summed E-state index contributed by atoms with van der Waals surface area (Å²) in [6, 6.07) is 75.3. The highest BCUT2D eigenvalue weighted by molar-refractivity contribution is 6.28. The Bertz CT molecular complexity index is 3840. The van der Waals surface area contributed by atoms with E-state index in [0.717, 1.165) is 78.7 Å². The van der Waals surface area contributed by atoms with E-state index in [1.807, 2.05) is 6.07 Å². The predicted molar refractivity (Wildman–Crippen MR) is 268 cm³/mol. The van der Waals surface area contributed by atoms with Gasteiger partial charge in [-0.05, 0) is 107 Å². The minimum absolute atomic E-state index is 0.603. The zero-order valence-corrected chi connectivity index (χ0v) is 35.8. The van der Waals surface area contributed by atoms with Crippen molar-refractivity contribution in [1.82, 2.24) is 0 Å². The van der Waals surface area contributed by atoms with Crippen molar-refractivity contribution in [1.29, 1.82) is 0 Å². The lowest BCUT2D eigenvalue weighted by Gasteiger charge is -2.48. The average Bonchev–Trinajstić information content (AvgIpc) is 3.74. The minimum Gasteiger partial charge on any atom is -0.457 e. The van der Waals surface area contributed by atoms with Crippen LogP contribution in [0, 0.1) is 13.8 Å². The van der Waals surface area contributed by atoms with Crippen molar-refractivity contribution in [3.05, 3.63) is 240 Å². The summed E-state index contributed by atoms with van der Waals surface area (Å²) in [4.78, 5) is 4.93. The Morgan fingerprint density at radius 2 is 0.985 bits per heavy atom. The van der Waals surface area contributed by atoms with E-state index in [2.05, 4.69) is 224 Å². The quantitative estimate of drug-likeness (QED) is 0.165.